The molecular formula is C7H12N4O2S. The van der Waals surface area contributed by atoms with E-state index in [1.165, 1.54) is 13.2 Å². The van der Waals surface area contributed by atoms with E-state index in [9.17, 15) is 4.21 Å². The van der Waals surface area contributed by atoms with Crippen molar-refractivity contribution in [3.8, 4) is 5.88 Å². The van der Waals surface area contributed by atoms with Crippen molar-refractivity contribution in [3.05, 3.63) is 6.20 Å². The summed E-state index contributed by atoms with van der Waals surface area (Å²) in [6.07, 6.45) is 2.37. The molecule has 7 heteroatoms. The van der Waals surface area contributed by atoms with Crippen molar-refractivity contribution in [2.75, 3.05) is 13.7 Å². The molecular weight excluding hydrogens is 204 g/mol. The fourth-order valence-electron chi connectivity index (χ4n) is 1.34. The van der Waals surface area contributed by atoms with Gasteiger partial charge in [-0.2, -0.15) is 5.10 Å². The lowest BCUT2D eigenvalue weighted by molar-refractivity contribution is 0.224. The van der Waals surface area contributed by atoms with Gasteiger partial charge in [0.15, 0.2) is 0 Å². The molecule has 0 aromatic carbocycles. The van der Waals surface area contributed by atoms with Gasteiger partial charge < -0.3 is 4.74 Å². The van der Waals surface area contributed by atoms with Crippen molar-refractivity contribution in [1.82, 2.24) is 9.78 Å². The SMILES string of the molecule is CN=S(N)(=O)c1cnn2c1OCCC2. The van der Waals surface area contributed by atoms with Gasteiger partial charge in [-0.3, -0.25) is 0 Å². The molecule has 0 saturated carbocycles. The maximum absolute atomic E-state index is 11.8. The lowest BCUT2D eigenvalue weighted by atomic mass is 10.4. The predicted octanol–water partition coefficient (Wildman–Crippen LogP) is -0.00400. The van der Waals surface area contributed by atoms with Crippen LogP contribution in [0.1, 0.15) is 6.42 Å². The zero-order valence-electron chi connectivity index (χ0n) is 7.84. The molecule has 14 heavy (non-hydrogen) atoms. The van der Waals surface area contributed by atoms with E-state index in [4.69, 9.17) is 9.88 Å². The number of aromatic nitrogens is 2. The van der Waals surface area contributed by atoms with Gasteiger partial charge in [0.25, 0.3) is 0 Å². The summed E-state index contributed by atoms with van der Waals surface area (Å²) in [6.45, 7) is 1.38. The van der Waals surface area contributed by atoms with E-state index in [-0.39, 0.29) is 0 Å². The summed E-state index contributed by atoms with van der Waals surface area (Å²) in [4.78, 5) is 0.389. The Morgan fingerprint density at radius 3 is 3.29 bits per heavy atom. The molecule has 1 unspecified atom stereocenters. The summed E-state index contributed by atoms with van der Waals surface area (Å²) in [5.74, 6) is 0.495. The van der Waals surface area contributed by atoms with Crippen molar-refractivity contribution in [2.24, 2.45) is 9.50 Å². The van der Waals surface area contributed by atoms with Crippen molar-refractivity contribution in [3.63, 3.8) is 0 Å². The number of hydrogen-bond donors (Lipinski definition) is 1. The number of fused-ring (bicyclic) bond motifs is 1. The topological polar surface area (TPSA) is 82.5 Å². The van der Waals surface area contributed by atoms with E-state index in [0.717, 1.165) is 13.0 Å². The van der Waals surface area contributed by atoms with Crippen LogP contribution >= 0.6 is 0 Å². The minimum atomic E-state index is -2.83. The van der Waals surface area contributed by atoms with Crippen molar-refractivity contribution in [1.29, 1.82) is 0 Å². The van der Waals surface area contributed by atoms with Crippen LogP contribution in [-0.4, -0.2) is 27.6 Å². The monoisotopic (exact) mass is 216 g/mol. The van der Waals surface area contributed by atoms with Gasteiger partial charge in [-0.05, 0) is 0 Å². The lowest BCUT2D eigenvalue weighted by Gasteiger charge is -2.15. The zero-order valence-corrected chi connectivity index (χ0v) is 8.66. The molecule has 1 aromatic rings. The Kier molecular flexibility index (Phi) is 2.20. The van der Waals surface area contributed by atoms with Gasteiger partial charge in [0.05, 0.1) is 12.8 Å². The first-order valence-electron chi connectivity index (χ1n) is 4.27. The van der Waals surface area contributed by atoms with Gasteiger partial charge in [0.1, 0.15) is 14.8 Å². The molecule has 0 fully saturated rings. The van der Waals surface area contributed by atoms with Crippen LogP contribution in [-0.2, 0) is 16.5 Å². The first kappa shape index (κ1) is 9.47. The molecule has 1 aromatic heterocycles. The Labute approximate surface area is 82.4 Å². The molecule has 0 amide bonds. The van der Waals surface area contributed by atoms with Gasteiger partial charge in [-0.25, -0.2) is 18.4 Å². The second-order valence-corrected chi connectivity index (χ2v) is 4.93. The Morgan fingerprint density at radius 1 is 1.79 bits per heavy atom. The molecule has 1 atom stereocenters. The lowest BCUT2D eigenvalue weighted by Crippen LogP contribution is -2.18. The number of aryl methyl sites for hydroxylation is 1. The quantitative estimate of drug-likeness (QED) is 0.717. The van der Waals surface area contributed by atoms with Crippen molar-refractivity contribution < 1.29 is 8.95 Å². The standard InChI is InChI=1S/C7H12N4O2S/c1-9-14(8,12)6-5-10-11-3-2-4-13-7(6)11/h5H,2-4H2,1H3,(H2,8,9,12). The molecule has 0 aliphatic carbocycles. The summed E-state index contributed by atoms with van der Waals surface area (Å²) in [5, 5.41) is 9.58. The first-order chi connectivity index (χ1) is 6.65. The van der Waals surface area contributed by atoms with Gasteiger partial charge in [0, 0.05) is 20.0 Å². The molecule has 0 bridgehead atoms. The molecule has 2 N–H and O–H groups in total. The van der Waals surface area contributed by atoms with Crippen LogP contribution in [0.15, 0.2) is 15.5 Å². The maximum Gasteiger partial charge on any atom is 0.230 e. The Balaban J connectivity index is 2.56. The van der Waals surface area contributed by atoms with Gasteiger partial charge >= 0.3 is 0 Å². The average Bonchev–Trinajstić information content (AvgIpc) is 2.61. The third-order valence-corrected chi connectivity index (χ3v) is 3.55. The summed E-state index contributed by atoms with van der Waals surface area (Å²) in [6, 6.07) is 0. The van der Waals surface area contributed by atoms with Crippen LogP contribution in [0.2, 0.25) is 0 Å². The van der Waals surface area contributed by atoms with Gasteiger partial charge in [0.2, 0.25) is 5.88 Å². The predicted molar refractivity (Wildman–Crippen MR) is 51.3 cm³/mol. The molecule has 2 rings (SSSR count). The summed E-state index contributed by atoms with van der Waals surface area (Å²) >= 11 is 0. The van der Waals surface area contributed by atoms with Crippen LogP contribution in [0.5, 0.6) is 5.88 Å². The summed E-state index contributed by atoms with van der Waals surface area (Å²) in [7, 11) is -1.40. The van der Waals surface area contributed by atoms with Crippen LogP contribution in [0, 0.1) is 0 Å². The zero-order chi connectivity index (χ0) is 10.2. The largest absolute Gasteiger partial charge is 0.477 e. The van der Waals surface area contributed by atoms with E-state index < -0.39 is 9.92 Å². The van der Waals surface area contributed by atoms with Crippen LogP contribution in [0.25, 0.3) is 0 Å². The molecule has 0 saturated heterocycles. The second-order valence-electron chi connectivity index (χ2n) is 2.99. The van der Waals surface area contributed by atoms with Crippen LogP contribution < -0.4 is 9.88 Å². The molecule has 1 aliphatic heterocycles. The third kappa shape index (κ3) is 1.38. The smallest absolute Gasteiger partial charge is 0.230 e. The minimum absolute atomic E-state index is 0.389. The maximum atomic E-state index is 11.8. The van der Waals surface area contributed by atoms with E-state index in [0.29, 0.717) is 17.4 Å². The first-order valence-corrected chi connectivity index (χ1v) is 5.84. The Hall–Kier alpha value is -1.08. The van der Waals surface area contributed by atoms with Crippen molar-refractivity contribution >= 4 is 9.92 Å². The minimum Gasteiger partial charge on any atom is -0.477 e. The van der Waals surface area contributed by atoms with Crippen LogP contribution in [0.3, 0.4) is 0 Å². The average molecular weight is 216 g/mol. The second kappa shape index (κ2) is 3.25. The molecule has 0 spiro atoms. The van der Waals surface area contributed by atoms with E-state index in [2.05, 4.69) is 9.46 Å². The molecule has 6 nitrogen and oxygen atoms in total. The number of nitrogens with zero attached hydrogens (tertiary/aromatic N) is 3. The van der Waals surface area contributed by atoms with E-state index in [1.54, 1.807) is 4.68 Å². The summed E-state index contributed by atoms with van der Waals surface area (Å²) in [5.41, 5.74) is 0. The highest BCUT2D eigenvalue weighted by Gasteiger charge is 2.21. The third-order valence-electron chi connectivity index (χ3n) is 2.10. The fourth-order valence-corrected chi connectivity index (χ4v) is 2.15. The molecule has 0 radical (unpaired) electrons. The molecule has 2 heterocycles. The van der Waals surface area contributed by atoms with Crippen molar-refractivity contribution in [2.45, 2.75) is 17.9 Å². The highest BCUT2D eigenvalue weighted by atomic mass is 32.2. The highest BCUT2D eigenvalue weighted by Crippen LogP contribution is 2.26. The number of hydrogen-bond acceptors (Lipinski definition) is 4. The summed E-state index contributed by atoms with van der Waals surface area (Å²) < 4.78 is 22.4. The Bertz CT molecular complexity index is 458. The molecule has 1 aliphatic rings. The van der Waals surface area contributed by atoms with Gasteiger partial charge in [-0.1, -0.05) is 0 Å². The van der Waals surface area contributed by atoms with E-state index >= 15 is 0 Å². The van der Waals surface area contributed by atoms with Crippen LogP contribution in [0.4, 0.5) is 0 Å². The molecule has 78 valence electrons. The van der Waals surface area contributed by atoms with Gasteiger partial charge in [-0.15, -0.1) is 0 Å². The number of nitrogens with two attached hydrogens (primary N) is 1. The number of ether oxygens (including phenoxy) is 1. The highest BCUT2D eigenvalue weighted by molar-refractivity contribution is 7.91. The number of rotatable bonds is 1. The Morgan fingerprint density at radius 2 is 2.57 bits per heavy atom. The normalized spacial score (nSPS) is 19.3. The fraction of sp³-hybridized carbons (Fsp3) is 0.571. The van der Waals surface area contributed by atoms with E-state index in [1.807, 2.05) is 0 Å².